The Morgan fingerprint density at radius 2 is 1.96 bits per heavy atom. The summed E-state index contributed by atoms with van der Waals surface area (Å²) in [4.78, 5) is 33.5. The molecule has 2 heterocycles. The Morgan fingerprint density at radius 1 is 1.23 bits per heavy atom. The van der Waals surface area contributed by atoms with Gasteiger partial charge in [-0.1, -0.05) is 18.2 Å². The Kier molecular flexibility index (Phi) is 5.73. The summed E-state index contributed by atoms with van der Waals surface area (Å²) in [5, 5.41) is 2.63. The van der Waals surface area contributed by atoms with E-state index in [1.165, 1.54) is 0 Å². The van der Waals surface area contributed by atoms with Gasteiger partial charge in [0.05, 0.1) is 25.5 Å². The lowest BCUT2D eigenvalue weighted by molar-refractivity contribution is -0.132. The zero-order valence-electron chi connectivity index (χ0n) is 14.1. The third-order valence-corrected chi connectivity index (χ3v) is 4.04. The SMILES string of the molecule is O=C(NCC(=O)N1CCCC(Oc2ncc(F)cn2)C1)c1ccccc1. The minimum Gasteiger partial charge on any atom is -0.458 e. The first-order chi connectivity index (χ1) is 12.6. The van der Waals surface area contributed by atoms with Gasteiger partial charge >= 0.3 is 6.01 Å². The van der Waals surface area contributed by atoms with Crippen LogP contribution < -0.4 is 10.1 Å². The fraction of sp³-hybridized carbons (Fsp3) is 0.333. The molecular weight excluding hydrogens is 339 g/mol. The molecule has 1 N–H and O–H groups in total. The summed E-state index contributed by atoms with van der Waals surface area (Å²) in [6, 6.07) is 8.81. The Bertz CT molecular complexity index is 755. The van der Waals surface area contributed by atoms with Crippen molar-refractivity contribution >= 4 is 11.8 Å². The number of amides is 2. The average Bonchev–Trinajstić information content (AvgIpc) is 2.68. The first-order valence-corrected chi connectivity index (χ1v) is 8.37. The molecule has 0 aliphatic carbocycles. The summed E-state index contributed by atoms with van der Waals surface area (Å²) in [6.45, 7) is 0.901. The van der Waals surface area contributed by atoms with Crippen molar-refractivity contribution in [2.24, 2.45) is 0 Å². The molecule has 1 aliphatic heterocycles. The number of hydrogen-bond acceptors (Lipinski definition) is 5. The first-order valence-electron chi connectivity index (χ1n) is 8.37. The molecule has 0 saturated carbocycles. The van der Waals surface area contributed by atoms with Crippen LogP contribution in [0.4, 0.5) is 4.39 Å². The summed E-state index contributed by atoms with van der Waals surface area (Å²) in [7, 11) is 0. The van der Waals surface area contributed by atoms with Crippen molar-refractivity contribution in [1.82, 2.24) is 20.2 Å². The van der Waals surface area contributed by atoms with Gasteiger partial charge in [0.2, 0.25) is 5.91 Å². The number of nitrogens with one attached hydrogen (secondary N) is 1. The number of ether oxygens (including phenoxy) is 1. The third-order valence-electron chi connectivity index (χ3n) is 4.04. The molecule has 3 rings (SSSR count). The highest BCUT2D eigenvalue weighted by Crippen LogP contribution is 2.15. The van der Waals surface area contributed by atoms with E-state index < -0.39 is 5.82 Å². The van der Waals surface area contributed by atoms with Crippen molar-refractivity contribution in [2.45, 2.75) is 18.9 Å². The van der Waals surface area contributed by atoms with Gasteiger partial charge in [-0.15, -0.1) is 0 Å². The van der Waals surface area contributed by atoms with Gasteiger partial charge in [-0.25, -0.2) is 14.4 Å². The highest BCUT2D eigenvalue weighted by Gasteiger charge is 2.25. The maximum Gasteiger partial charge on any atom is 0.316 e. The van der Waals surface area contributed by atoms with Crippen LogP contribution in [0.3, 0.4) is 0 Å². The maximum absolute atomic E-state index is 12.8. The molecule has 2 aromatic rings. The van der Waals surface area contributed by atoms with Gasteiger partial charge < -0.3 is 15.0 Å². The molecule has 1 saturated heterocycles. The molecule has 7 nitrogen and oxygen atoms in total. The number of nitrogens with zero attached hydrogens (tertiary/aromatic N) is 3. The van der Waals surface area contributed by atoms with E-state index in [0.29, 0.717) is 18.7 Å². The van der Waals surface area contributed by atoms with Crippen LogP contribution >= 0.6 is 0 Å². The molecule has 2 amide bonds. The van der Waals surface area contributed by atoms with Crippen molar-refractivity contribution in [2.75, 3.05) is 19.6 Å². The molecular formula is C18H19FN4O3. The number of carbonyl (C=O) groups excluding carboxylic acids is 2. The van der Waals surface area contributed by atoms with Crippen molar-refractivity contribution < 1.29 is 18.7 Å². The van der Waals surface area contributed by atoms with Crippen LogP contribution in [0.2, 0.25) is 0 Å². The zero-order chi connectivity index (χ0) is 18.4. The third kappa shape index (κ3) is 4.75. The van der Waals surface area contributed by atoms with Crippen molar-refractivity contribution in [1.29, 1.82) is 0 Å². The predicted octanol–water partition coefficient (Wildman–Crippen LogP) is 1.42. The number of halogens is 1. The Morgan fingerprint density at radius 3 is 2.69 bits per heavy atom. The van der Waals surface area contributed by atoms with Crippen LogP contribution in [-0.4, -0.2) is 52.4 Å². The molecule has 1 atom stereocenters. The van der Waals surface area contributed by atoms with Crippen molar-refractivity contribution in [3.8, 4) is 6.01 Å². The Hall–Kier alpha value is -3.03. The van der Waals surface area contributed by atoms with E-state index in [-0.39, 0.29) is 30.5 Å². The Balaban J connectivity index is 1.49. The number of benzene rings is 1. The van der Waals surface area contributed by atoms with Gasteiger partial charge in [-0.3, -0.25) is 9.59 Å². The van der Waals surface area contributed by atoms with Crippen LogP contribution in [0, 0.1) is 5.82 Å². The van der Waals surface area contributed by atoms with Gasteiger partial charge in [0, 0.05) is 12.1 Å². The highest BCUT2D eigenvalue weighted by molar-refractivity contribution is 5.96. The maximum atomic E-state index is 12.8. The second-order valence-corrected chi connectivity index (χ2v) is 5.95. The monoisotopic (exact) mass is 358 g/mol. The van der Waals surface area contributed by atoms with E-state index in [2.05, 4.69) is 15.3 Å². The zero-order valence-corrected chi connectivity index (χ0v) is 14.1. The smallest absolute Gasteiger partial charge is 0.316 e. The second kappa shape index (κ2) is 8.37. The van der Waals surface area contributed by atoms with Gasteiger partial charge in [0.1, 0.15) is 6.10 Å². The molecule has 1 aliphatic rings. The van der Waals surface area contributed by atoms with Gasteiger partial charge in [0.15, 0.2) is 5.82 Å². The molecule has 1 fully saturated rings. The molecule has 26 heavy (non-hydrogen) atoms. The number of hydrogen-bond donors (Lipinski definition) is 1. The lowest BCUT2D eigenvalue weighted by Gasteiger charge is -2.32. The molecule has 136 valence electrons. The highest BCUT2D eigenvalue weighted by atomic mass is 19.1. The lowest BCUT2D eigenvalue weighted by Crippen LogP contribution is -2.48. The largest absolute Gasteiger partial charge is 0.458 e. The van der Waals surface area contributed by atoms with Crippen molar-refractivity contribution in [3.63, 3.8) is 0 Å². The number of aromatic nitrogens is 2. The van der Waals surface area contributed by atoms with E-state index in [0.717, 1.165) is 25.2 Å². The molecule has 1 unspecified atom stereocenters. The van der Waals surface area contributed by atoms with Crippen LogP contribution in [-0.2, 0) is 4.79 Å². The van der Waals surface area contributed by atoms with Gasteiger partial charge in [-0.2, -0.15) is 0 Å². The summed E-state index contributed by atoms with van der Waals surface area (Å²) in [5.41, 5.74) is 0.508. The predicted molar refractivity (Wildman–Crippen MR) is 91.0 cm³/mol. The number of likely N-dealkylation sites (tertiary alicyclic amines) is 1. The topological polar surface area (TPSA) is 84.4 Å². The molecule has 8 heteroatoms. The number of rotatable bonds is 5. The van der Waals surface area contributed by atoms with Crippen molar-refractivity contribution in [3.05, 3.63) is 54.1 Å². The van der Waals surface area contributed by atoms with Crippen LogP contribution in [0.5, 0.6) is 6.01 Å². The fourth-order valence-electron chi connectivity index (χ4n) is 2.73. The van der Waals surface area contributed by atoms with E-state index in [4.69, 9.17) is 4.74 Å². The van der Waals surface area contributed by atoms with Crippen LogP contribution in [0.1, 0.15) is 23.2 Å². The van der Waals surface area contributed by atoms with Crippen LogP contribution in [0.15, 0.2) is 42.7 Å². The van der Waals surface area contributed by atoms with Crippen LogP contribution in [0.25, 0.3) is 0 Å². The lowest BCUT2D eigenvalue weighted by atomic mass is 10.1. The summed E-state index contributed by atoms with van der Waals surface area (Å²) in [6.07, 6.45) is 3.33. The standard InChI is InChI=1S/C18H19FN4O3/c19-14-9-21-18(22-10-14)26-15-7-4-8-23(12-15)16(24)11-20-17(25)13-5-2-1-3-6-13/h1-3,5-6,9-10,15H,4,7-8,11-12H2,(H,20,25). The van der Waals surface area contributed by atoms with E-state index in [1.807, 2.05) is 6.07 Å². The summed E-state index contributed by atoms with van der Waals surface area (Å²) in [5.74, 6) is -1.00. The first kappa shape index (κ1) is 17.8. The normalized spacial score (nSPS) is 16.8. The van der Waals surface area contributed by atoms with E-state index >= 15 is 0 Å². The minimum absolute atomic E-state index is 0.0759. The number of carbonyl (C=O) groups is 2. The molecule has 1 aromatic heterocycles. The molecule has 1 aromatic carbocycles. The summed E-state index contributed by atoms with van der Waals surface area (Å²) >= 11 is 0. The molecule has 0 spiro atoms. The number of piperidine rings is 1. The van der Waals surface area contributed by atoms with Gasteiger partial charge in [0.25, 0.3) is 5.91 Å². The molecule has 0 bridgehead atoms. The fourth-order valence-corrected chi connectivity index (χ4v) is 2.73. The Labute approximate surface area is 150 Å². The van der Waals surface area contributed by atoms with E-state index in [1.54, 1.807) is 29.2 Å². The molecule has 0 radical (unpaired) electrons. The van der Waals surface area contributed by atoms with Gasteiger partial charge in [-0.05, 0) is 25.0 Å². The quantitative estimate of drug-likeness (QED) is 0.874. The average molecular weight is 358 g/mol. The second-order valence-electron chi connectivity index (χ2n) is 5.95. The van der Waals surface area contributed by atoms with E-state index in [9.17, 15) is 14.0 Å². The summed E-state index contributed by atoms with van der Waals surface area (Å²) < 4.78 is 18.5. The minimum atomic E-state index is -0.535.